The smallest absolute Gasteiger partial charge is 0.126 e. The Kier molecular flexibility index (Phi) is 14.0. The summed E-state index contributed by atoms with van der Waals surface area (Å²) in [6.45, 7) is 8.83. The number of hydrogen-bond donors (Lipinski definition) is 1. The minimum absolute atomic E-state index is 0.117. The molecule has 1 aromatic rings. The summed E-state index contributed by atoms with van der Waals surface area (Å²) in [7, 11) is 1.99. The largest absolute Gasteiger partial charge is 0.320 e. The van der Waals surface area contributed by atoms with Gasteiger partial charge in [-0.15, -0.1) is 6.58 Å². The van der Waals surface area contributed by atoms with E-state index in [1.165, 1.54) is 19.0 Å². The van der Waals surface area contributed by atoms with Gasteiger partial charge in [-0.2, -0.15) is 0 Å². The molecule has 0 fully saturated rings. The SMILES string of the molecule is C=CCc1ccc(CCCCCC(CCN=C/C(Cl)=C\N=C)CCNC)cc1F. The maximum absolute atomic E-state index is 14.0. The van der Waals surface area contributed by atoms with Gasteiger partial charge in [-0.3, -0.25) is 9.98 Å². The van der Waals surface area contributed by atoms with Crippen LogP contribution in [0, 0.1) is 11.7 Å². The highest BCUT2D eigenvalue weighted by Crippen LogP contribution is 2.19. The van der Waals surface area contributed by atoms with E-state index in [0.717, 1.165) is 56.3 Å². The van der Waals surface area contributed by atoms with Crippen LogP contribution in [0.2, 0.25) is 0 Å². The Morgan fingerprint density at radius 1 is 1.24 bits per heavy atom. The standard InChI is InChI=1S/C24H35ClFN3/c1-4-8-22-12-11-21(17-24(22)26)10-7-5-6-9-20(13-15-27-2)14-16-29-19-23(25)18-28-3/h4,11-12,17-20,27H,1,3,5-10,13-16H2,2H3/b23-18+,29-19?. The topological polar surface area (TPSA) is 36.8 Å². The lowest BCUT2D eigenvalue weighted by atomic mass is 9.93. The predicted octanol–water partition coefficient (Wildman–Crippen LogP) is 6.12. The van der Waals surface area contributed by atoms with Crippen molar-refractivity contribution in [2.75, 3.05) is 20.1 Å². The van der Waals surface area contributed by atoms with Crippen LogP contribution in [0.1, 0.15) is 49.7 Å². The zero-order valence-corrected chi connectivity index (χ0v) is 18.4. The Balaban J connectivity index is 2.33. The quantitative estimate of drug-likeness (QED) is 0.195. The van der Waals surface area contributed by atoms with Crippen molar-refractivity contribution in [1.82, 2.24) is 5.32 Å². The fourth-order valence-corrected chi connectivity index (χ4v) is 3.46. The molecule has 0 aliphatic heterocycles. The van der Waals surface area contributed by atoms with Gasteiger partial charge in [-0.25, -0.2) is 4.39 Å². The van der Waals surface area contributed by atoms with Gasteiger partial charge in [-0.1, -0.05) is 49.1 Å². The lowest BCUT2D eigenvalue weighted by Gasteiger charge is -2.15. The molecule has 1 N–H and O–H groups in total. The number of rotatable bonds is 16. The molecule has 5 heteroatoms. The molecule has 0 aromatic heterocycles. The zero-order valence-electron chi connectivity index (χ0n) is 17.7. The molecule has 1 aromatic carbocycles. The average molecular weight is 420 g/mol. The molecular weight excluding hydrogens is 385 g/mol. The van der Waals surface area contributed by atoms with E-state index in [2.05, 4.69) is 28.6 Å². The lowest BCUT2D eigenvalue weighted by Crippen LogP contribution is -2.14. The van der Waals surface area contributed by atoms with E-state index in [1.54, 1.807) is 18.4 Å². The minimum Gasteiger partial charge on any atom is -0.320 e. The number of unbranched alkanes of at least 4 members (excludes halogenated alkanes) is 2. The fourth-order valence-electron chi connectivity index (χ4n) is 3.32. The van der Waals surface area contributed by atoms with Gasteiger partial charge in [0, 0.05) is 19.0 Å². The van der Waals surface area contributed by atoms with Gasteiger partial charge in [0.1, 0.15) is 5.82 Å². The Hall–Kier alpha value is -1.78. The van der Waals surface area contributed by atoms with Crippen LogP contribution in [0.3, 0.4) is 0 Å². The van der Waals surface area contributed by atoms with Gasteiger partial charge < -0.3 is 5.32 Å². The van der Waals surface area contributed by atoms with Crippen LogP contribution < -0.4 is 5.32 Å². The highest BCUT2D eigenvalue weighted by atomic mass is 35.5. The Morgan fingerprint density at radius 2 is 2.07 bits per heavy atom. The molecule has 0 aliphatic carbocycles. The molecule has 0 bridgehead atoms. The van der Waals surface area contributed by atoms with Crippen LogP contribution in [0.5, 0.6) is 0 Å². The first-order valence-corrected chi connectivity index (χ1v) is 10.8. The molecule has 0 radical (unpaired) electrons. The molecule has 3 nitrogen and oxygen atoms in total. The first-order valence-electron chi connectivity index (χ1n) is 10.4. The number of halogens is 2. The second kappa shape index (κ2) is 16.1. The molecule has 160 valence electrons. The molecule has 1 rings (SSSR count). The van der Waals surface area contributed by atoms with Crippen LogP contribution >= 0.6 is 11.6 Å². The fraction of sp³-hybridized carbons (Fsp3) is 0.500. The number of benzene rings is 1. The van der Waals surface area contributed by atoms with Crippen molar-refractivity contribution in [1.29, 1.82) is 0 Å². The molecule has 0 spiro atoms. The third-order valence-corrected chi connectivity index (χ3v) is 5.15. The summed E-state index contributed by atoms with van der Waals surface area (Å²) in [5.41, 5.74) is 1.80. The molecule has 0 aliphatic rings. The zero-order chi connectivity index (χ0) is 21.3. The van der Waals surface area contributed by atoms with Gasteiger partial charge in [0.25, 0.3) is 0 Å². The van der Waals surface area contributed by atoms with Crippen molar-refractivity contribution in [2.24, 2.45) is 15.9 Å². The van der Waals surface area contributed by atoms with E-state index in [9.17, 15) is 4.39 Å². The molecular formula is C24H35ClFN3. The number of aryl methyl sites for hydroxylation is 1. The first kappa shape index (κ1) is 25.3. The summed E-state index contributed by atoms with van der Waals surface area (Å²) < 4.78 is 14.0. The molecule has 0 heterocycles. The summed E-state index contributed by atoms with van der Waals surface area (Å²) in [4.78, 5) is 7.99. The number of aliphatic imine (C=N–C) groups is 2. The van der Waals surface area contributed by atoms with E-state index in [4.69, 9.17) is 11.6 Å². The highest BCUT2D eigenvalue weighted by molar-refractivity contribution is 6.39. The van der Waals surface area contributed by atoms with Gasteiger partial charge in [0.15, 0.2) is 0 Å². The number of nitrogens with one attached hydrogen (secondary N) is 1. The Labute approximate surface area is 180 Å². The normalized spacial score (nSPS) is 13.0. The number of hydrogen-bond acceptors (Lipinski definition) is 3. The summed E-state index contributed by atoms with van der Waals surface area (Å²) in [5, 5.41) is 3.74. The van der Waals surface area contributed by atoms with Gasteiger partial charge in [0.05, 0.1) is 5.03 Å². The average Bonchev–Trinajstić information content (AvgIpc) is 2.70. The van der Waals surface area contributed by atoms with E-state index in [1.807, 2.05) is 19.2 Å². The lowest BCUT2D eigenvalue weighted by molar-refractivity contribution is 0.401. The second-order valence-electron chi connectivity index (χ2n) is 7.30. The van der Waals surface area contributed by atoms with E-state index >= 15 is 0 Å². The summed E-state index contributed by atoms with van der Waals surface area (Å²) in [5.74, 6) is 0.532. The minimum atomic E-state index is -0.117. The van der Waals surface area contributed by atoms with Gasteiger partial charge in [-0.05, 0) is 75.5 Å². The number of nitrogens with zero attached hydrogens (tertiary/aromatic N) is 2. The maximum Gasteiger partial charge on any atom is 0.126 e. The highest BCUT2D eigenvalue weighted by Gasteiger charge is 2.08. The van der Waals surface area contributed by atoms with Gasteiger partial charge >= 0.3 is 0 Å². The van der Waals surface area contributed by atoms with Gasteiger partial charge in [0.2, 0.25) is 0 Å². The Morgan fingerprint density at radius 3 is 2.76 bits per heavy atom. The first-order chi connectivity index (χ1) is 14.1. The van der Waals surface area contributed by atoms with E-state index < -0.39 is 0 Å². The molecule has 1 unspecified atom stereocenters. The van der Waals surface area contributed by atoms with Crippen LogP contribution in [-0.2, 0) is 12.8 Å². The summed E-state index contributed by atoms with van der Waals surface area (Å²) >= 11 is 5.92. The van der Waals surface area contributed by atoms with Crippen LogP contribution in [0.15, 0.2) is 52.1 Å². The molecule has 0 saturated heterocycles. The monoisotopic (exact) mass is 419 g/mol. The summed E-state index contributed by atoms with van der Waals surface area (Å²) in [6.07, 6.45) is 13.2. The van der Waals surface area contributed by atoms with Crippen LogP contribution in [0.25, 0.3) is 0 Å². The van der Waals surface area contributed by atoms with E-state index in [-0.39, 0.29) is 5.82 Å². The van der Waals surface area contributed by atoms with Crippen LogP contribution in [-0.4, -0.2) is 33.1 Å². The van der Waals surface area contributed by atoms with Crippen molar-refractivity contribution < 1.29 is 4.39 Å². The third kappa shape index (κ3) is 11.7. The van der Waals surface area contributed by atoms with Crippen molar-refractivity contribution in [2.45, 2.75) is 51.4 Å². The second-order valence-corrected chi connectivity index (χ2v) is 7.73. The molecule has 29 heavy (non-hydrogen) atoms. The van der Waals surface area contributed by atoms with Crippen molar-refractivity contribution in [3.8, 4) is 0 Å². The summed E-state index contributed by atoms with van der Waals surface area (Å²) in [6, 6.07) is 5.60. The number of allylic oxidation sites excluding steroid dienone is 2. The molecule has 1 atom stereocenters. The Bertz CT molecular complexity index is 670. The molecule has 0 saturated carbocycles. The van der Waals surface area contributed by atoms with Crippen molar-refractivity contribution in [3.63, 3.8) is 0 Å². The molecule has 0 amide bonds. The third-order valence-electron chi connectivity index (χ3n) is 4.96. The van der Waals surface area contributed by atoms with E-state index in [0.29, 0.717) is 17.4 Å². The predicted molar refractivity (Wildman–Crippen MR) is 126 cm³/mol. The maximum atomic E-state index is 14.0. The van der Waals surface area contributed by atoms with Crippen LogP contribution in [0.4, 0.5) is 4.39 Å². The van der Waals surface area contributed by atoms with Crippen molar-refractivity contribution >= 4 is 24.5 Å². The van der Waals surface area contributed by atoms with Crippen molar-refractivity contribution in [3.05, 3.63) is 59.0 Å².